The topological polar surface area (TPSA) is 46.0 Å². The smallest absolute Gasteiger partial charge is 0.306 e. The molecule has 1 N–H and O–H groups in total. The van der Waals surface area contributed by atoms with Gasteiger partial charge in [-0.15, -0.1) is 0 Å². The summed E-state index contributed by atoms with van der Waals surface area (Å²) in [6.45, 7) is 1.86. The van der Waals surface area contributed by atoms with Crippen LogP contribution >= 0.6 is 0 Å². The lowest BCUT2D eigenvalue weighted by Gasteiger charge is -2.08. The first kappa shape index (κ1) is 13.8. The second-order valence-electron chi connectivity index (χ2n) is 5.40. The lowest BCUT2D eigenvalue weighted by molar-refractivity contribution is -0.140. The van der Waals surface area contributed by atoms with Gasteiger partial charge in [0.2, 0.25) is 0 Å². The summed E-state index contributed by atoms with van der Waals surface area (Å²) < 4.78 is 40.2. The zero-order valence-corrected chi connectivity index (χ0v) is 12.0. The molecule has 0 fully saturated rings. The summed E-state index contributed by atoms with van der Waals surface area (Å²) in [4.78, 5) is 3.80. The van der Waals surface area contributed by atoms with Gasteiger partial charge in [0.25, 0.3) is 0 Å². The summed E-state index contributed by atoms with van der Waals surface area (Å²) in [5.41, 5.74) is 2.62. The van der Waals surface area contributed by atoms with Crippen LogP contribution in [0.3, 0.4) is 0 Å². The maximum Gasteiger partial charge on any atom is 0.434 e. The molecule has 116 valence electrons. The van der Waals surface area contributed by atoms with Crippen LogP contribution in [0.4, 0.5) is 13.2 Å². The third-order valence-corrected chi connectivity index (χ3v) is 3.85. The number of pyridine rings is 1. The Hall–Kier alpha value is -2.83. The number of fused-ring (bicyclic) bond motifs is 2. The highest BCUT2D eigenvalue weighted by atomic mass is 19.4. The molecule has 0 bridgehead atoms. The molecule has 0 atom stereocenters. The number of aryl methyl sites for hydroxylation is 1. The minimum atomic E-state index is -4.47. The summed E-state index contributed by atoms with van der Waals surface area (Å²) in [5, 5.41) is 7.71. The summed E-state index contributed by atoms with van der Waals surface area (Å²) in [6.07, 6.45) is -0.186. The fraction of sp³-hybridized carbons (Fsp3) is 0.125. The van der Waals surface area contributed by atoms with Gasteiger partial charge in [-0.05, 0) is 36.2 Å². The number of H-pyrrole nitrogens is 1. The van der Waals surface area contributed by atoms with Gasteiger partial charge >= 0.3 is 6.18 Å². The Morgan fingerprint density at radius 2 is 2.00 bits per heavy atom. The lowest BCUT2D eigenvalue weighted by Crippen LogP contribution is -2.04. The van der Waals surface area contributed by atoms with Crippen molar-refractivity contribution in [3.63, 3.8) is 0 Å². The van der Waals surface area contributed by atoms with Crippen molar-refractivity contribution in [2.75, 3.05) is 0 Å². The zero-order valence-electron chi connectivity index (χ0n) is 12.0. The van der Waals surface area contributed by atoms with Crippen LogP contribution in [0.2, 0.25) is 0 Å². The second kappa shape index (κ2) is 4.58. The fourth-order valence-corrected chi connectivity index (χ4v) is 2.74. The van der Waals surface area contributed by atoms with E-state index in [4.69, 9.17) is 0 Å². The van der Waals surface area contributed by atoms with Crippen LogP contribution < -0.4 is 0 Å². The average Bonchev–Trinajstić information content (AvgIpc) is 3.11. The number of aromatic nitrogens is 4. The monoisotopic (exact) mass is 316 g/mol. The highest BCUT2D eigenvalue weighted by molar-refractivity contribution is 5.88. The Morgan fingerprint density at radius 1 is 1.17 bits per heavy atom. The van der Waals surface area contributed by atoms with E-state index >= 15 is 0 Å². The molecule has 0 aliphatic rings. The molecule has 0 saturated heterocycles. The molecule has 0 aliphatic heterocycles. The molecule has 0 aliphatic carbocycles. The van der Waals surface area contributed by atoms with E-state index in [1.807, 2.05) is 25.1 Å². The predicted octanol–water partition coefficient (Wildman–Crippen LogP) is 4.20. The summed E-state index contributed by atoms with van der Waals surface area (Å²) >= 11 is 0. The largest absolute Gasteiger partial charge is 0.434 e. The van der Waals surface area contributed by atoms with E-state index in [1.165, 1.54) is 4.40 Å². The quantitative estimate of drug-likeness (QED) is 0.572. The molecule has 0 unspecified atom stereocenters. The van der Waals surface area contributed by atoms with E-state index in [2.05, 4.69) is 15.2 Å². The van der Waals surface area contributed by atoms with Gasteiger partial charge in [0.15, 0.2) is 5.69 Å². The number of aromatic amines is 1. The number of alkyl halides is 3. The number of nitrogens with zero attached hydrogens (tertiary/aromatic N) is 3. The number of benzene rings is 1. The van der Waals surface area contributed by atoms with Crippen molar-refractivity contribution in [2.45, 2.75) is 13.1 Å². The van der Waals surface area contributed by atoms with E-state index in [0.717, 1.165) is 28.2 Å². The van der Waals surface area contributed by atoms with E-state index in [9.17, 15) is 13.2 Å². The number of nitrogens with one attached hydrogen (secondary N) is 1. The van der Waals surface area contributed by atoms with Crippen molar-refractivity contribution in [1.29, 1.82) is 0 Å². The number of imidazole rings is 1. The van der Waals surface area contributed by atoms with Crippen molar-refractivity contribution in [2.24, 2.45) is 0 Å². The highest BCUT2D eigenvalue weighted by Gasteiger charge is 2.34. The average molecular weight is 316 g/mol. The van der Waals surface area contributed by atoms with Gasteiger partial charge in [-0.25, -0.2) is 4.98 Å². The number of hydrogen-bond acceptors (Lipinski definition) is 2. The molecule has 0 spiro atoms. The standard InChI is InChI=1S/C16H11F3N4/c1-9-4-5-23-8-13(16(17,18)19)21-15(23)14(9)10-2-3-12-11(6-10)7-20-22-12/h2-8H,1H3,(H,20,22). The normalized spacial score (nSPS) is 12.3. The van der Waals surface area contributed by atoms with Crippen LogP contribution in [-0.2, 0) is 6.18 Å². The van der Waals surface area contributed by atoms with E-state index in [0.29, 0.717) is 11.2 Å². The number of rotatable bonds is 1. The molecular weight excluding hydrogens is 305 g/mol. The Morgan fingerprint density at radius 3 is 2.78 bits per heavy atom. The maximum absolute atomic E-state index is 12.9. The van der Waals surface area contributed by atoms with E-state index in [1.54, 1.807) is 18.5 Å². The Labute approximate surface area is 128 Å². The van der Waals surface area contributed by atoms with Gasteiger partial charge in [0.1, 0.15) is 5.65 Å². The molecule has 4 rings (SSSR count). The number of halogens is 3. The SMILES string of the molecule is Cc1ccn2cc(C(F)(F)F)nc2c1-c1ccc2[nH]ncc2c1. The molecule has 1 aromatic carbocycles. The highest BCUT2D eigenvalue weighted by Crippen LogP contribution is 2.33. The first-order chi connectivity index (χ1) is 10.9. The van der Waals surface area contributed by atoms with Gasteiger partial charge in [-0.3, -0.25) is 5.10 Å². The zero-order chi connectivity index (χ0) is 16.2. The molecule has 4 nitrogen and oxygen atoms in total. The molecule has 7 heteroatoms. The predicted molar refractivity (Wildman–Crippen MR) is 80.0 cm³/mol. The molecular formula is C16H11F3N4. The Kier molecular flexibility index (Phi) is 2.75. The second-order valence-corrected chi connectivity index (χ2v) is 5.40. The van der Waals surface area contributed by atoms with Crippen molar-refractivity contribution in [1.82, 2.24) is 19.6 Å². The molecule has 3 heterocycles. The summed E-state index contributed by atoms with van der Waals surface area (Å²) in [7, 11) is 0. The van der Waals surface area contributed by atoms with E-state index < -0.39 is 11.9 Å². The molecule has 0 radical (unpaired) electrons. The third kappa shape index (κ3) is 2.16. The van der Waals surface area contributed by atoms with Crippen molar-refractivity contribution in [3.05, 3.63) is 54.1 Å². The first-order valence-corrected chi connectivity index (χ1v) is 6.92. The Bertz CT molecular complexity index is 1030. The molecule has 3 aromatic heterocycles. The first-order valence-electron chi connectivity index (χ1n) is 6.92. The van der Waals surface area contributed by atoms with Crippen LogP contribution in [-0.4, -0.2) is 19.6 Å². The van der Waals surface area contributed by atoms with Gasteiger partial charge in [-0.1, -0.05) is 6.07 Å². The van der Waals surface area contributed by atoms with Gasteiger partial charge in [0.05, 0.1) is 11.7 Å². The Balaban J connectivity index is 2.01. The molecule has 4 aromatic rings. The van der Waals surface area contributed by atoms with Crippen molar-refractivity contribution >= 4 is 16.6 Å². The van der Waals surface area contributed by atoms with Crippen molar-refractivity contribution < 1.29 is 13.2 Å². The minimum Gasteiger partial charge on any atom is -0.306 e. The maximum atomic E-state index is 12.9. The molecule has 0 saturated carbocycles. The van der Waals surface area contributed by atoms with Crippen LogP contribution in [0.25, 0.3) is 27.7 Å². The number of hydrogen-bond donors (Lipinski definition) is 1. The lowest BCUT2D eigenvalue weighted by atomic mass is 10.0. The van der Waals surface area contributed by atoms with Crippen LogP contribution in [0.1, 0.15) is 11.3 Å². The van der Waals surface area contributed by atoms with E-state index in [-0.39, 0.29) is 0 Å². The van der Waals surface area contributed by atoms with Crippen LogP contribution in [0.15, 0.2) is 42.9 Å². The summed E-state index contributed by atoms with van der Waals surface area (Å²) in [5.74, 6) is 0. The fourth-order valence-electron chi connectivity index (χ4n) is 2.74. The minimum absolute atomic E-state index is 0.292. The molecule has 23 heavy (non-hydrogen) atoms. The van der Waals surface area contributed by atoms with Crippen LogP contribution in [0, 0.1) is 6.92 Å². The van der Waals surface area contributed by atoms with Crippen LogP contribution in [0.5, 0.6) is 0 Å². The molecule has 0 amide bonds. The van der Waals surface area contributed by atoms with Crippen molar-refractivity contribution in [3.8, 4) is 11.1 Å². The third-order valence-electron chi connectivity index (χ3n) is 3.85. The van der Waals surface area contributed by atoms with Gasteiger partial charge < -0.3 is 4.40 Å². The van der Waals surface area contributed by atoms with Gasteiger partial charge in [-0.2, -0.15) is 18.3 Å². The summed E-state index contributed by atoms with van der Waals surface area (Å²) in [6, 6.07) is 7.38. The van der Waals surface area contributed by atoms with Gasteiger partial charge in [0, 0.05) is 23.3 Å².